The number of esters is 1. The highest BCUT2D eigenvalue weighted by Crippen LogP contribution is 2.49. The molecule has 1 aromatic heterocycles. The first-order valence-electron chi connectivity index (χ1n) is 10.0. The number of hydrogen-bond acceptors (Lipinski definition) is 5. The van der Waals surface area contributed by atoms with E-state index < -0.39 is 5.97 Å². The van der Waals surface area contributed by atoms with Gasteiger partial charge >= 0.3 is 5.97 Å². The summed E-state index contributed by atoms with van der Waals surface area (Å²) in [6.07, 6.45) is 5.11. The van der Waals surface area contributed by atoms with Crippen LogP contribution in [0, 0.1) is 24.7 Å². The van der Waals surface area contributed by atoms with Crippen LogP contribution in [0.25, 0.3) is 11.3 Å². The zero-order chi connectivity index (χ0) is 19.7. The molecule has 6 heteroatoms. The molecule has 1 heterocycles. The summed E-state index contributed by atoms with van der Waals surface area (Å²) >= 11 is 0. The number of fused-ring (bicyclic) bond motifs is 2. The van der Waals surface area contributed by atoms with Gasteiger partial charge in [-0.15, -0.1) is 0 Å². The maximum absolute atomic E-state index is 12.6. The van der Waals surface area contributed by atoms with E-state index in [1.165, 1.54) is 25.7 Å². The van der Waals surface area contributed by atoms with E-state index in [0.717, 1.165) is 17.4 Å². The first-order valence-corrected chi connectivity index (χ1v) is 10.0. The first kappa shape index (κ1) is 18.7. The molecule has 0 radical (unpaired) electrons. The molecule has 1 N–H and O–H groups in total. The van der Waals surface area contributed by atoms with Crippen LogP contribution in [0.15, 0.2) is 34.9 Å². The van der Waals surface area contributed by atoms with Crippen LogP contribution in [0.3, 0.4) is 0 Å². The molecule has 0 aliphatic heterocycles. The predicted molar refractivity (Wildman–Crippen MR) is 104 cm³/mol. The van der Waals surface area contributed by atoms with Crippen molar-refractivity contribution in [2.75, 3.05) is 6.61 Å². The van der Waals surface area contributed by atoms with Gasteiger partial charge in [0.25, 0.3) is 5.91 Å². The van der Waals surface area contributed by atoms with Crippen molar-refractivity contribution in [1.82, 2.24) is 10.5 Å². The molecule has 4 atom stereocenters. The fourth-order valence-corrected chi connectivity index (χ4v) is 4.92. The lowest BCUT2D eigenvalue weighted by molar-refractivity contribution is -0.125. The van der Waals surface area contributed by atoms with Crippen LogP contribution >= 0.6 is 0 Å². The molecule has 28 heavy (non-hydrogen) atoms. The third kappa shape index (κ3) is 3.68. The molecule has 2 aliphatic rings. The zero-order valence-corrected chi connectivity index (χ0v) is 16.3. The van der Waals surface area contributed by atoms with Crippen LogP contribution in [-0.2, 0) is 9.53 Å². The molecule has 2 aliphatic carbocycles. The number of carbonyl (C=O) groups is 2. The molecule has 0 saturated heterocycles. The van der Waals surface area contributed by atoms with Crippen LogP contribution < -0.4 is 5.32 Å². The molecule has 0 spiro atoms. The van der Waals surface area contributed by atoms with Crippen molar-refractivity contribution in [3.63, 3.8) is 0 Å². The predicted octanol–water partition coefficient (Wildman–Crippen LogP) is 3.75. The van der Waals surface area contributed by atoms with E-state index in [1.807, 2.05) is 30.3 Å². The van der Waals surface area contributed by atoms with Crippen molar-refractivity contribution < 1.29 is 18.8 Å². The van der Waals surface area contributed by atoms with Gasteiger partial charge in [0.2, 0.25) is 0 Å². The Morgan fingerprint density at radius 2 is 2.04 bits per heavy atom. The Balaban J connectivity index is 1.34. The van der Waals surface area contributed by atoms with Gasteiger partial charge in [-0.05, 0) is 50.9 Å². The lowest BCUT2D eigenvalue weighted by Gasteiger charge is -2.28. The Labute approximate surface area is 164 Å². The summed E-state index contributed by atoms with van der Waals surface area (Å²) in [4.78, 5) is 24.9. The Morgan fingerprint density at radius 3 is 2.71 bits per heavy atom. The Kier molecular flexibility index (Phi) is 5.20. The molecule has 2 bridgehead atoms. The summed E-state index contributed by atoms with van der Waals surface area (Å²) in [7, 11) is 0. The van der Waals surface area contributed by atoms with E-state index in [0.29, 0.717) is 17.4 Å². The Bertz CT molecular complexity index is 861. The van der Waals surface area contributed by atoms with E-state index in [4.69, 9.17) is 9.26 Å². The second kappa shape index (κ2) is 7.78. The lowest BCUT2D eigenvalue weighted by Crippen LogP contribution is -2.42. The van der Waals surface area contributed by atoms with Gasteiger partial charge < -0.3 is 14.6 Å². The van der Waals surface area contributed by atoms with Crippen LogP contribution in [0.5, 0.6) is 0 Å². The highest BCUT2D eigenvalue weighted by atomic mass is 16.5. The number of ether oxygens (including phenoxy) is 1. The second-order valence-corrected chi connectivity index (χ2v) is 8.10. The van der Waals surface area contributed by atoms with E-state index >= 15 is 0 Å². The molecule has 4 rings (SSSR count). The van der Waals surface area contributed by atoms with Crippen LogP contribution in [0.2, 0.25) is 0 Å². The molecule has 1 aromatic carbocycles. The number of benzene rings is 1. The number of nitrogens with one attached hydrogen (secondary N) is 1. The van der Waals surface area contributed by atoms with E-state index in [1.54, 1.807) is 6.92 Å². The fraction of sp³-hybridized carbons (Fsp3) is 0.500. The Hall–Kier alpha value is -2.63. The summed E-state index contributed by atoms with van der Waals surface area (Å²) in [5.41, 5.74) is 1.46. The molecule has 2 fully saturated rings. The fourth-order valence-electron chi connectivity index (χ4n) is 4.92. The third-order valence-electron chi connectivity index (χ3n) is 6.27. The first-order chi connectivity index (χ1) is 13.5. The average molecular weight is 382 g/mol. The summed E-state index contributed by atoms with van der Waals surface area (Å²) in [5.74, 6) is 1.62. The molecule has 4 unspecified atom stereocenters. The molecule has 2 saturated carbocycles. The van der Waals surface area contributed by atoms with Crippen LogP contribution in [0.1, 0.15) is 48.7 Å². The largest absolute Gasteiger partial charge is 0.452 e. The molecule has 6 nitrogen and oxygen atoms in total. The van der Waals surface area contributed by atoms with Crippen LogP contribution in [0.4, 0.5) is 0 Å². The highest BCUT2D eigenvalue weighted by molar-refractivity contribution is 5.98. The second-order valence-electron chi connectivity index (χ2n) is 8.10. The van der Waals surface area contributed by atoms with Gasteiger partial charge in [-0.1, -0.05) is 41.9 Å². The molecular formula is C22H26N2O4. The number of hydrogen-bond donors (Lipinski definition) is 1. The maximum atomic E-state index is 12.6. The standard InChI is InChI=1S/C22H26N2O4/c1-13(18-11-15-8-9-17(18)10-15)23-19(25)12-27-22(26)20-14(2)28-24-21(20)16-6-4-3-5-7-16/h3-7,13,15,17-18H,8-12H2,1-2H3,(H,23,25). The normalized spacial score (nSPS) is 24.1. The van der Waals surface area contributed by atoms with Gasteiger partial charge in [-0.3, -0.25) is 4.79 Å². The number of carbonyl (C=O) groups excluding carboxylic acids is 2. The van der Waals surface area contributed by atoms with Gasteiger partial charge in [0.1, 0.15) is 17.0 Å². The summed E-state index contributed by atoms with van der Waals surface area (Å²) < 4.78 is 10.5. The zero-order valence-electron chi connectivity index (χ0n) is 16.3. The monoisotopic (exact) mass is 382 g/mol. The SMILES string of the molecule is Cc1onc(-c2ccccc2)c1C(=O)OCC(=O)NC(C)C1CC2CCC1C2. The Morgan fingerprint density at radius 1 is 1.25 bits per heavy atom. The van der Waals surface area contributed by atoms with Crippen molar-refractivity contribution in [3.8, 4) is 11.3 Å². The van der Waals surface area contributed by atoms with Gasteiger partial charge in [0.05, 0.1) is 0 Å². The van der Waals surface area contributed by atoms with Gasteiger partial charge in [-0.25, -0.2) is 4.79 Å². The molecule has 2 aromatic rings. The number of amides is 1. The van der Waals surface area contributed by atoms with Gasteiger partial charge in [0, 0.05) is 11.6 Å². The molecular weight excluding hydrogens is 356 g/mol. The minimum atomic E-state index is -0.597. The summed E-state index contributed by atoms with van der Waals surface area (Å²) in [6, 6.07) is 9.41. The van der Waals surface area contributed by atoms with Crippen LogP contribution in [-0.4, -0.2) is 29.7 Å². The lowest BCUT2D eigenvalue weighted by atomic mass is 9.84. The van der Waals surface area contributed by atoms with E-state index in [-0.39, 0.29) is 24.1 Å². The third-order valence-corrected chi connectivity index (χ3v) is 6.27. The quantitative estimate of drug-likeness (QED) is 0.770. The molecule has 148 valence electrons. The minimum absolute atomic E-state index is 0.110. The minimum Gasteiger partial charge on any atom is -0.452 e. The smallest absolute Gasteiger partial charge is 0.344 e. The van der Waals surface area contributed by atoms with Gasteiger partial charge in [-0.2, -0.15) is 0 Å². The van der Waals surface area contributed by atoms with Crippen molar-refractivity contribution in [2.24, 2.45) is 17.8 Å². The number of nitrogens with zero attached hydrogens (tertiary/aromatic N) is 1. The summed E-state index contributed by atoms with van der Waals surface area (Å²) in [5, 5.41) is 6.99. The van der Waals surface area contributed by atoms with E-state index in [9.17, 15) is 9.59 Å². The van der Waals surface area contributed by atoms with Crippen molar-refractivity contribution in [1.29, 1.82) is 0 Å². The number of aryl methyl sites for hydroxylation is 1. The number of aromatic nitrogens is 1. The van der Waals surface area contributed by atoms with Crippen molar-refractivity contribution in [3.05, 3.63) is 41.7 Å². The van der Waals surface area contributed by atoms with Gasteiger partial charge in [0.15, 0.2) is 6.61 Å². The van der Waals surface area contributed by atoms with E-state index in [2.05, 4.69) is 17.4 Å². The number of rotatable bonds is 6. The summed E-state index contributed by atoms with van der Waals surface area (Å²) in [6.45, 7) is 3.42. The molecule has 1 amide bonds. The van der Waals surface area contributed by atoms with Crippen molar-refractivity contribution >= 4 is 11.9 Å². The topological polar surface area (TPSA) is 81.4 Å². The maximum Gasteiger partial charge on any atom is 0.344 e. The average Bonchev–Trinajstić information content (AvgIpc) is 3.42. The highest BCUT2D eigenvalue weighted by Gasteiger charge is 2.42. The van der Waals surface area contributed by atoms with Crippen molar-refractivity contribution in [2.45, 2.75) is 45.6 Å².